The van der Waals surface area contributed by atoms with Crippen molar-refractivity contribution in [1.29, 1.82) is 0 Å². The summed E-state index contributed by atoms with van der Waals surface area (Å²) in [6, 6.07) is 17.2. The fraction of sp³-hybridized carbons (Fsp3) is 0.278. The summed E-state index contributed by atoms with van der Waals surface area (Å²) in [6.07, 6.45) is 1.13. The SMILES string of the molecule is Cc1ccccc1CN1C2=NCCCN2c2ccccc21.[Cl-]. The zero-order valence-corrected chi connectivity index (χ0v) is 13.4. The predicted octanol–water partition coefficient (Wildman–Crippen LogP) is 0.585. The third kappa shape index (κ3) is 2.35. The number of benzene rings is 2. The molecule has 2 heterocycles. The molecule has 2 aliphatic heterocycles. The van der Waals surface area contributed by atoms with Crippen molar-refractivity contribution in [3.63, 3.8) is 0 Å². The number of rotatable bonds is 2. The van der Waals surface area contributed by atoms with Crippen LogP contribution in [0.3, 0.4) is 0 Å². The maximum atomic E-state index is 4.78. The van der Waals surface area contributed by atoms with E-state index in [2.05, 4.69) is 65.3 Å². The first-order valence-electron chi connectivity index (χ1n) is 7.57. The molecule has 22 heavy (non-hydrogen) atoms. The van der Waals surface area contributed by atoms with Gasteiger partial charge >= 0.3 is 0 Å². The van der Waals surface area contributed by atoms with Crippen molar-refractivity contribution in [2.24, 2.45) is 4.99 Å². The van der Waals surface area contributed by atoms with Gasteiger partial charge in [0.15, 0.2) is 0 Å². The van der Waals surface area contributed by atoms with Gasteiger partial charge in [0.1, 0.15) is 0 Å². The number of anilines is 2. The van der Waals surface area contributed by atoms with E-state index >= 15 is 0 Å². The first-order valence-corrected chi connectivity index (χ1v) is 7.57. The Morgan fingerprint density at radius 1 is 1.00 bits per heavy atom. The van der Waals surface area contributed by atoms with E-state index in [1.807, 2.05) is 0 Å². The van der Waals surface area contributed by atoms with Crippen LogP contribution in [-0.4, -0.2) is 19.0 Å². The molecule has 0 bridgehead atoms. The van der Waals surface area contributed by atoms with Gasteiger partial charge in [0, 0.05) is 13.1 Å². The predicted molar refractivity (Wildman–Crippen MR) is 88.1 cm³/mol. The Morgan fingerprint density at radius 3 is 2.55 bits per heavy atom. The molecular weight excluding hydrogens is 294 g/mol. The molecule has 0 aliphatic carbocycles. The van der Waals surface area contributed by atoms with Gasteiger partial charge in [-0.1, -0.05) is 36.4 Å². The van der Waals surface area contributed by atoms with E-state index in [4.69, 9.17) is 4.99 Å². The minimum absolute atomic E-state index is 0. The standard InChI is InChI=1S/C18H19N3.ClH/c1-14-7-2-3-8-15(14)13-21-17-10-5-4-9-16(17)20-12-6-11-19-18(20)21;/h2-5,7-10H,6,11-13H2,1H3;1H/p-1. The number of hydrogen-bond donors (Lipinski definition) is 0. The zero-order chi connectivity index (χ0) is 14.2. The summed E-state index contributed by atoms with van der Waals surface area (Å²) >= 11 is 0. The summed E-state index contributed by atoms with van der Waals surface area (Å²) in [5.74, 6) is 1.12. The van der Waals surface area contributed by atoms with Crippen LogP contribution in [0.15, 0.2) is 53.5 Å². The minimum atomic E-state index is 0. The number of aliphatic imine (C=N–C) groups is 1. The van der Waals surface area contributed by atoms with Crippen LogP contribution in [0, 0.1) is 6.92 Å². The van der Waals surface area contributed by atoms with Gasteiger partial charge in [0.2, 0.25) is 5.96 Å². The Bertz CT molecular complexity index is 711. The van der Waals surface area contributed by atoms with Crippen LogP contribution in [0.2, 0.25) is 0 Å². The third-order valence-corrected chi connectivity index (χ3v) is 4.33. The van der Waals surface area contributed by atoms with Crippen LogP contribution in [0.4, 0.5) is 11.4 Å². The molecule has 0 N–H and O–H groups in total. The maximum Gasteiger partial charge on any atom is 0.206 e. The van der Waals surface area contributed by atoms with Crippen LogP contribution in [0.25, 0.3) is 0 Å². The average Bonchev–Trinajstić information content (AvgIpc) is 2.85. The van der Waals surface area contributed by atoms with Gasteiger partial charge in [-0.05, 0) is 36.6 Å². The lowest BCUT2D eigenvalue weighted by atomic mass is 10.1. The molecule has 0 spiro atoms. The molecule has 2 aliphatic rings. The number of fused-ring (bicyclic) bond motifs is 3. The molecular formula is C18H19ClN3-. The van der Waals surface area contributed by atoms with Crippen molar-refractivity contribution in [3.8, 4) is 0 Å². The molecule has 0 fully saturated rings. The van der Waals surface area contributed by atoms with Gasteiger partial charge in [-0.15, -0.1) is 0 Å². The Morgan fingerprint density at radius 2 is 1.73 bits per heavy atom. The first-order chi connectivity index (χ1) is 10.3. The van der Waals surface area contributed by atoms with E-state index in [9.17, 15) is 0 Å². The third-order valence-electron chi connectivity index (χ3n) is 4.33. The van der Waals surface area contributed by atoms with Gasteiger partial charge in [0.25, 0.3) is 0 Å². The van der Waals surface area contributed by atoms with E-state index in [-0.39, 0.29) is 12.4 Å². The molecule has 114 valence electrons. The van der Waals surface area contributed by atoms with Gasteiger partial charge in [-0.3, -0.25) is 4.99 Å². The molecule has 0 amide bonds. The highest BCUT2D eigenvalue weighted by atomic mass is 35.5. The van der Waals surface area contributed by atoms with Crippen LogP contribution in [0.1, 0.15) is 17.5 Å². The second-order valence-electron chi connectivity index (χ2n) is 5.69. The van der Waals surface area contributed by atoms with E-state index in [1.165, 1.54) is 22.5 Å². The summed E-state index contributed by atoms with van der Waals surface area (Å²) in [7, 11) is 0. The fourth-order valence-corrected chi connectivity index (χ4v) is 3.19. The minimum Gasteiger partial charge on any atom is -1.00 e. The maximum absolute atomic E-state index is 4.78. The summed E-state index contributed by atoms with van der Waals surface area (Å²) in [5, 5.41) is 0. The van der Waals surface area contributed by atoms with Gasteiger partial charge in [-0.25, -0.2) is 0 Å². The highest BCUT2D eigenvalue weighted by Gasteiger charge is 2.33. The first kappa shape index (κ1) is 14.9. The topological polar surface area (TPSA) is 18.8 Å². The lowest BCUT2D eigenvalue weighted by Crippen LogP contribution is -3.00. The molecule has 0 saturated carbocycles. The van der Waals surface area contributed by atoms with E-state index in [1.54, 1.807) is 0 Å². The van der Waals surface area contributed by atoms with E-state index < -0.39 is 0 Å². The zero-order valence-electron chi connectivity index (χ0n) is 12.7. The Balaban J connectivity index is 0.00000144. The monoisotopic (exact) mass is 312 g/mol. The summed E-state index contributed by atoms with van der Waals surface area (Å²) in [4.78, 5) is 9.50. The number of nitrogens with zero attached hydrogens (tertiary/aromatic N) is 3. The normalized spacial score (nSPS) is 15.8. The number of para-hydroxylation sites is 2. The van der Waals surface area contributed by atoms with E-state index in [0.717, 1.165) is 32.0 Å². The molecule has 0 saturated heterocycles. The van der Waals surface area contributed by atoms with Crippen molar-refractivity contribution >= 4 is 17.3 Å². The fourth-order valence-electron chi connectivity index (χ4n) is 3.19. The van der Waals surface area contributed by atoms with Crippen molar-refractivity contribution < 1.29 is 12.4 Å². The molecule has 2 aromatic carbocycles. The Hall–Kier alpha value is -2.00. The second kappa shape index (κ2) is 6.01. The Kier molecular flexibility index (Phi) is 4.08. The van der Waals surface area contributed by atoms with Gasteiger partial charge < -0.3 is 22.2 Å². The molecule has 4 heteroatoms. The van der Waals surface area contributed by atoms with E-state index in [0.29, 0.717) is 0 Å². The van der Waals surface area contributed by atoms with Crippen molar-refractivity contribution in [1.82, 2.24) is 0 Å². The summed E-state index contributed by atoms with van der Waals surface area (Å²) < 4.78 is 0. The van der Waals surface area contributed by atoms with Gasteiger partial charge in [-0.2, -0.15) is 0 Å². The molecule has 0 unspecified atom stereocenters. The van der Waals surface area contributed by atoms with Crippen LogP contribution >= 0.6 is 0 Å². The summed E-state index contributed by atoms with van der Waals surface area (Å²) in [6.45, 7) is 5.07. The van der Waals surface area contributed by atoms with Crippen molar-refractivity contribution in [2.45, 2.75) is 19.9 Å². The van der Waals surface area contributed by atoms with Crippen molar-refractivity contribution in [2.75, 3.05) is 22.9 Å². The molecule has 0 atom stereocenters. The average molecular weight is 313 g/mol. The lowest BCUT2D eigenvalue weighted by molar-refractivity contribution is -0.00000419. The highest BCUT2D eigenvalue weighted by molar-refractivity contribution is 6.16. The van der Waals surface area contributed by atoms with Crippen molar-refractivity contribution in [3.05, 3.63) is 59.7 Å². The lowest BCUT2D eigenvalue weighted by Gasteiger charge is -2.27. The molecule has 0 aromatic heterocycles. The number of hydrogen-bond acceptors (Lipinski definition) is 3. The molecule has 4 rings (SSSR count). The molecule has 3 nitrogen and oxygen atoms in total. The number of guanidine groups is 1. The van der Waals surface area contributed by atoms with Crippen LogP contribution in [-0.2, 0) is 6.54 Å². The second-order valence-corrected chi connectivity index (χ2v) is 5.69. The largest absolute Gasteiger partial charge is 1.00 e. The van der Waals surface area contributed by atoms with Crippen LogP contribution in [0.5, 0.6) is 0 Å². The molecule has 2 aromatic rings. The highest BCUT2D eigenvalue weighted by Crippen LogP contribution is 2.39. The number of halogens is 1. The molecule has 0 radical (unpaired) electrons. The quantitative estimate of drug-likeness (QED) is 0.808. The summed E-state index contributed by atoms with van der Waals surface area (Å²) in [5.41, 5.74) is 5.28. The number of aryl methyl sites for hydroxylation is 1. The van der Waals surface area contributed by atoms with Crippen LogP contribution < -0.4 is 22.2 Å². The smallest absolute Gasteiger partial charge is 0.206 e. The Labute approximate surface area is 137 Å². The van der Waals surface area contributed by atoms with Gasteiger partial charge in [0.05, 0.1) is 17.9 Å².